The quantitative estimate of drug-likeness (QED) is 0.844. The first-order valence-electron chi connectivity index (χ1n) is 9.15. The van der Waals surface area contributed by atoms with Gasteiger partial charge in [0.15, 0.2) is 0 Å². The van der Waals surface area contributed by atoms with E-state index >= 15 is 0 Å². The van der Waals surface area contributed by atoms with Gasteiger partial charge in [0.1, 0.15) is 0 Å². The van der Waals surface area contributed by atoms with Gasteiger partial charge in [-0.2, -0.15) is 0 Å². The second-order valence-electron chi connectivity index (χ2n) is 7.31. The lowest BCUT2D eigenvalue weighted by atomic mass is 9.96. The lowest BCUT2D eigenvalue weighted by Crippen LogP contribution is -2.49. The third-order valence-electron chi connectivity index (χ3n) is 5.58. The predicted octanol–water partition coefficient (Wildman–Crippen LogP) is 3.19. The Morgan fingerprint density at radius 3 is 2.44 bits per heavy atom. The maximum Gasteiger partial charge on any atom is 0.251 e. The molecule has 0 spiro atoms. The Bertz CT molecular complexity index is 732. The van der Waals surface area contributed by atoms with Crippen LogP contribution in [0.25, 0.3) is 0 Å². The van der Waals surface area contributed by atoms with Crippen molar-refractivity contribution in [3.8, 4) is 0 Å². The number of nitrogen functional groups attached to an aromatic ring is 1. The largest absolute Gasteiger partial charge is 0.399 e. The standard InChI is InChI=1S/C21H25N3O/c22-17-8-4-7-16(11-17)21(25)23-18-12-19-9-10-20(13-18)24(19)14-15-5-2-1-3-6-15/h1-8,11,18-20H,9-10,12-14,22H2,(H,23,25). The van der Waals surface area contributed by atoms with Crippen LogP contribution in [-0.4, -0.2) is 28.9 Å². The van der Waals surface area contributed by atoms with Crippen LogP contribution in [0.1, 0.15) is 41.6 Å². The summed E-state index contributed by atoms with van der Waals surface area (Å²) in [6, 6.07) is 19.3. The number of benzene rings is 2. The number of hydrogen-bond acceptors (Lipinski definition) is 3. The minimum absolute atomic E-state index is 0.00629. The lowest BCUT2D eigenvalue weighted by molar-refractivity contribution is 0.0828. The minimum atomic E-state index is -0.00629. The second kappa shape index (κ2) is 6.89. The van der Waals surface area contributed by atoms with E-state index in [0.29, 0.717) is 23.3 Å². The normalized spacial score (nSPS) is 25.7. The number of nitrogens with two attached hydrogens (primary N) is 1. The summed E-state index contributed by atoms with van der Waals surface area (Å²) in [6.07, 6.45) is 4.55. The topological polar surface area (TPSA) is 58.4 Å². The fraction of sp³-hybridized carbons (Fsp3) is 0.381. The number of carbonyl (C=O) groups is 1. The van der Waals surface area contributed by atoms with Gasteiger partial charge in [-0.15, -0.1) is 0 Å². The third-order valence-corrected chi connectivity index (χ3v) is 5.58. The van der Waals surface area contributed by atoms with E-state index in [1.807, 2.05) is 12.1 Å². The number of fused-ring (bicyclic) bond motifs is 2. The Hall–Kier alpha value is -2.33. The number of piperidine rings is 1. The van der Waals surface area contributed by atoms with Crippen molar-refractivity contribution in [3.63, 3.8) is 0 Å². The zero-order valence-corrected chi connectivity index (χ0v) is 14.4. The van der Waals surface area contributed by atoms with Gasteiger partial charge in [-0.25, -0.2) is 0 Å². The van der Waals surface area contributed by atoms with Gasteiger partial charge in [-0.1, -0.05) is 36.4 Å². The van der Waals surface area contributed by atoms with Gasteiger partial charge in [0, 0.05) is 35.9 Å². The van der Waals surface area contributed by atoms with Crippen molar-refractivity contribution < 1.29 is 4.79 Å². The molecule has 4 heteroatoms. The molecule has 1 amide bonds. The molecular formula is C21H25N3O. The Morgan fingerprint density at radius 2 is 1.76 bits per heavy atom. The van der Waals surface area contributed by atoms with Crippen LogP contribution in [-0.2, 0) is 6.54 Å². The monoisotopic (exact) mass is 335 g/mol. The van der Waals surface area contributed by atoms with Crippen molar-refractivity contribution in [1.29, 1.82) is 0 Å². The number of amides is 1. The van der Waals surface area contributed by atoms with Crippen LogP contribution in [0.5, 0.6) is 0 Å². The van der Waals surface area contributed by atoms with Crippen LogP contribution in [0.3, 0.4) is 0 Å². The summed E-state index contributed by atoms with van der Waals surface area (Å²) in [7, 11) is 0. The molecular weight excluding hydrogens is 310 g/mol. The molecule has 0 aromatic heterocycles. The minimum Gasteiger partial charge on any atom is -0.399 e. The molecule has 0 aliphatic carbocycles. The molecule has 2 aliphatic rings. The molecule has 4 nitrogen and oxygen atoms in total. The number of anilines is 1. The van der Waals surface area contributed by atoms with E-state index < -0.39 is 0 Å². The van der Waals surface area contributed by atoms with Gasteiger partial charge in [0.05, 0.1) is 0 Å². The van der Waals surface area contributed by atoms with Gasteiger partial charge in [-0.05, 0) is 49.4 Å². The summed E-state index contributed by atoms with van der Waals surface area (Å²) in [5, 5.41) is 3.23. The molecule has 2 saturated heterocycles. The highest BCUT2D eigenvalue weighted by atomic mass is 16.1. The molecule has 2 unspecified atom stereocenters. The number of hydrogen-bond donors (Lipinski definition) is 2. The van der Waals surface area contributed by atoms with Crippen LogP contribution < -0.4 is 11.1 Å². The molecule has 2 heterocycles. The van der Waals surface area contributed by atoms with Crippen LogP contribution in [0.4, 0.5) is 5.69 Å². The second-order valence-corrected chi connectivity index (χ2v) is 7.31. The molecule has 25 heavy (non-hydrogen) atoms. The Balaban J connectivity index is 1.39. The number of rotatable bonds is 4. The SMILES string of the molecule is Nc1cccc(C(=O)NC2CC3CCC(C2)N3Cc2ccccc2)c1. The number of carbonyl (C=O) groups excluding carboxylic acids is 1. The van der Waals surface area contributed by atoms with E-state index in [4.69, 9.17) is 5.73 Å². The van der Waals surface area contributed by atoms with E-state index in [2.05, 4.69) is 40.5 Å². The molecule has 2 fully saturated rings. The van der Waals surface area contributed by atoms with Gasteiger partial charge >= 0.3 is 0 Å². The van der Waals surface area contributed by atoms with Crippen molar-refractivity contribution in [1.82, 2.24) is 10.2 Å². The fourth-order valence-corrected chi connectivity index (χ4v) is 4.39. The third kappa shape index (κ3) is 3.54. The molecule has 2 aromatic carbocycles. The number of nitrogens with zero attached hydrogens (tertiary/aromatic N) is 1. The summed E-state index contributed by atoms with van der Waals surface area (Å²) < 4.78 is 0. The van der Waals surface area contributed by atoms with Gasteiger partial charge in [-0.3, -0.25) is 9.69 Å². The smallest absolute Gasteiger partial charge is 0.251 e. The van der Waals surface area contributed by atoms with Gasteiger partial charge in [0.25, 0.3) is 5.91 Å². The van der Waals surface area contributed by atoms with E-state index in [1.165, 1.54) is 18.4 Å². The highest BCUT2D eigenvalue weighted by molar-refractivity contribution is 5.95. The molecule has 3 N–H and O–H groups in total. The van der Waals surface area contributed by atoms with Crippen molar-refractivity contribution in [2.45, 2.75) is 50.4 Å². The summed E-state index contributed by atoms with van der Waals surface area (Å²) in [6.45, 7) is 1.02. The van der Waals surface area contributed by atoms with Crippen LogP contribution >= 0.6 is 0 Å². The summed E-state index contributed by atoms with van der Waals surface area (Å²) in [4.78, 5) is 15.1. The first kappa shape index (κ1) is 16.2. The molecule has 4 rings (SSSR count). The zero-order valence-electron chi connectivity index (χ0n) is 14.4. The lowest BCUT2D eigenvalue weighted by Gasteiger charge is -2.39. The average Bonchev–Trinajstić information content (AvgIpc) is 2.85. The van der Waals surface area contributed by atoms with Crippen molar-refractivity contribution in [2.75, 3.05) is 5.73 Å². The van der Waals surface area contributed by atoms with Gasteiger partial charge in [0.2, 0.25) is 0 Å². The fourth-order valence-electron chi connectivity index (χ4n) is 4.39. The van der Waals surface area contributed by atoms with Gasteiger partial charge < -0.3 is 11.1 Å². The van der Waals surface area contributed by atoms with Crippen LogP contribution in [0.2, 0.25) is 0 Å². The van der Waals surface area contributed by atoms with E-state index in [9.17, 15) is 4.79 Å². The molecule has 2 aliphatic heterocycles. The van der Waals surface area contributed by atoms with Crippen LogP contribution in [0.15, 0.2) is 54.6 Å². The summed E-state index contributed by atoms with van der Waals surface area (Å²) in [5.41, 5.74) is 8.45. The Kier molecular flexibility index (Phi) is 4.45. The molecule has 130 valence electrons. The molecule has 2 atom stereocenters. The van der Waals surface area contributed by atoms with Crippen molar-refractivity contribution in [3.05, 3.63) is 65.7 Å². The summed E-state index contributed by atoms with van der Waals surface area (Å²) >= 11 is 0. The van der Waals surface area contributed by atoms with E-state index in [0.717, 1.165) is 19.4 Å². The Morgan fingerprint density at radius 1 is 1.04 bits per heavy atom. The predicted molar refractivity (Wildman–Crippen MR) is 100 cm³/mol. The highest BCUT2D eigenvalue weighted by Gasteiger charge is 2.40. The summed E-state index contributed by atoms with van der Waals surface area (Å²) in [5.74, 6) is -0.00629. The van der Waals surface area contributed by atoms with Crippen LogP contribution in [0, 0.1) is 0 Å². The maximum atomic E-state index is 12.5. The molecule has 2 aromatic rings. The van der Waals surface area contributed by atoms with E-state index in [1.54, 1.807) is 12.1 Å². The highest BCUT2D eigenvalue weighted by Crippen LogP contribution is 2.36. The molecule has 0 radical (unpaired) electrons. The average molecular weight is 335 g/mol. The zero-order chi connectivity index (χ0) is 17.2. The van der Waals surface area contributed by atoms with Crippen molar-refractivity contribution >= 4 is 11.6 Å². The number of nitrogens with one attached hydrogen (secondary N) is 1. The maximum absolute atomic E-state index is 12.5. The molecule has 2 bridgehead atoms. The molecule has 0 saturated carbocycles. The first-order valence-corrected chi connectivity index (χ1v) is 9.15. The first-order chi connectivity index (χ1) is 12.2. The van der Waals surface area contributed by atoms with E-state index in [-0.39, 0.29) is 11.9 Å². The van der Waals surface area contributed by atoms with Crippen molar-refractivity contribution in [2.24, 2.45) is 0 Å². The Labute approximate surface area is 149 Å².